The molecule has 0 saturated heterocycles. The van der Waals surface area contributed by atoms with Crippen LogP contribution in [-0.4, -0.2) is 9.55 Å². The first-order chi connectivity index (χ1) is 7.83. The van der Waals surface area contributed by atoms with Gasteiger partial charge in [0.1, 0.15) is 0 Å². The maximum absolute atomic E-state index is 4.35. The third kappa shape index (κ3) is 1.81. The van der Waals surface area contributed by atoms with Crippen molar-refractivity contribution in [2.45, 2.75) is 25.8 Å². The summed E-state index contributed by atoms with van der Waals surface area (Å²) in [6, 6.07) is 9.04. The van der Waals surface area contributed by atoms with Gasteiger partial charge < -0.3 is 9.88 Å². The first-order valence-corrected chi connectivity index (χ1v) is 5.69. The summed E-state index contributed by atoms with van der Waals surface area (Å²) in [5.74, 6) is 0.950. The van der Waals surface area contributed by atoms with Gasteiger partial charge in [-0.25, -0.2) is 4.98 Å². The summed E-state index contributed by atoms with van der Waals surface area (Å²) in [6.45, 7) is 2.09. The Morgan fingerprint density at radius 3 is 2.69 bits per heavy atom. The topological polar surface area (TPSA) is 29.9 Å². The van der Waals surface area contributed by atoms with E-state index in [1.807, 2.05) is 12.4 Å². The van der Waals surface area contributed by atoms with Crippen LogP contribution >= 0.6 is 0 Å². The molecule has 3 nitrogen and oxygen atoms in total. The van der Waals surface area contributed by atoms with Gasteiger partial charge in [-0.3, -0.25) is 0 Å². The van der Waals surface area contributed by atoms with Gasteiger partial charge in [0.05, 0.1) is 0 Å². The van der Waals surface area contributed by atoms with Crippen molar-refractivity contribution >= 4 is 11.6 Å². The minimum Gasteiger partial charge on any atom is -0.326 e. The Morgan fingerprint density at radius 2 is 2.00 bits per heavy atom. The molecular formula is C13H15N3. The number of aryl methyl sites for hydroxylation is 1. The van der Waals surface area contributed by atoms with E-state index in [1.54, 1.807) is 0 Å². The highest BCUT2D eigenvalue weighted by Gasteiger charge is 2.25. The first kappa shape index (κ1) is 9.46. The van der Waals surface area contributed by atoms with Gasteiger partial charge in [-0.05, 0) is 31.9 Å². The zero-order valence-electron chi connectivity index (χ0n) is 9.35. The minimum atomic E-state index is 0.662. The van der Waals surface area contributed by atoms with E-state index in [-0.39, 0.29) is 0 Å². The molecule has 16 heavy (non-hydrogen) atoms. The molecular weight excluding hydrogens is 198 g/mol. The number of benzene rings is 1. The Kier molecular flexibility index (Phi) is 2.17. The van der Waals surface area contributed by atoms with Gasteiger partial charge >= 0.3 is 0 Å². The van der Waals surface area contributed by atoms with E-state index >= 15 is 0 Å². The van der Waals surface area contributed by atoms with Crippen molar-refractivity contribution in [1.82, 2.24) is 9.55 Å². The lowest BCUT2D eigenvalue weighted by Gasteiger charge is -2.08. The molecule has 0 radical (unpaired) electrons. The maximum Gasteiger partial charge on any atom is 0.207 e. The average Bonchev–Trinajstić information content (AvgIpc) is 3.03. The molecule has 1 aromatic heterocycles. The second-order valence-corrected chi connectivity index (χ2v) is 4.38. The maximum atomic E-state index is 4.35. The van der Waals surface area contributed by atoms with Crippen molar-refractivity contribution in [1.29, 1.82) is 0 Å². The fraction of sp³-hybridized carbons (Fsp3) is 0.308. The number of nitrogens with one attached hydrogen (secondary N) is 1. The molecule has 1 heterocycles. The van der Waals surface area contributed by atoms with E-state index in [1.165, 1.54) is 18.4 Å². The van der Waals surface area contributed by atoms with Crippen molar-refractivity contribution in [2.75, 3.05) is 5.32 Å². The number of aromatic nitrogens is 2. The largest absolute Gasteiger partial charge is 0.326 e. The van der Waals surface area contributed by atoms with Gasteiger partial charge in [0, 0.05) is 24.1 Å². The minimum absolute atomic E-state index is 0.662. The first-order valence-electron chi connectivity index (χ1n) is 5.69. The molecule has 3 rings (SSSR count). The summed E-state index contributed by atoms with van der Waals surface area (Å²) in [7, 11) is 0. The number of imidazole rings is 1. The third-order valence-electron chi connectivity index (χ3n) is 2.92. The molecule has 0 atom stereocenters. The van der Waals surface area contributed by atoms with Gasteiger partial charge in [0.15, 0.2) is 0 Å². The van der Waals surface area contributed by atoms with Crippen LogP contribution in [-0.2, 0) is 0 Å². The highest BCUT2D eigenvalue weighted by Crippen LogP contribution is 2.37. The van der Waals surface area contributed by atoms with E-state index in [0.29, 0.717) is 6.04 Å². The zero-order valence-corrected chi connectivity index (χ0v) is 9.35. The summed E-state index contributed by atoms with van der Waals surface area (Å²) in [5, 5.41) is 3.35. The molecule has 0 amide bonds. The van der Waals surface area contributed by atoms with Crippen LogP contribution in [0.5, 0.6) is 0 Å². The Morgan fingerprint density at radius 1 is 1.25 bits per heavy atom. The molecule has 0 spiro atoms. The molecule has 1 aromatic carbocycles. The van der Waals surface area contributed by atoms with E-state index in [9.17, 15) is 0 Å². The average molecular weight is 213 g/mol. The highest BCUT2D eigenvalue weighted by atomic mass is 15.2. The summed E-state index contributed by atoms with van der Waals surface area (Å²) < 4.78 is 2.22. The van der Waals surface area contributed by atoms with Crippen LogP contribution in [0.1, 0.15) is 24.4 Å². The number of hydrogen-bond donors (Lipinski definition) is 1. The monoisotopic (exact) mass is 213 g/mol. The molecule has 0 aliphatic heterocycles. The second kappa shape index (κ2) is 3.67. The Labute approximate surface area is 95.1 Å². The molecule has 1 fully saturated rings. The van der Waals surface area contributed by atoms with Crippen molar-refractivity contribution in [3.05, 3.63) is 42.2 Å². The Hall–Kier alpha value is -1.77. The standard InChI is InChI=1S/C13H15N3/c1-10-2-4-11(5-3-10)15-13-14-8-9-16(13)12-6-7-12/h2-5,8-9,12H,6-7H2,1H3,(H,14,15). The van der Waals surface area contributed by atoms with Crippen LogP contribution in [0.25, 0.3) is 0 Å². The predicted molar refractivity (Wildman–Crippen MR) is 65.0 cm³/mol. The van der Waals surface area contributed by atoms with Crippen LogP contribution in [0.4, 0.5) is 11.6 Å². The van der Waals surface area contributed by atoms with Crippen LogP contribution in [0.15, 0.2) is 36.7 Å². The van der Waals surface area contributed by atoms with E-state index < -0.39 is 0 Å². The quantitative estimate of drug-likeness (QED) is 0.848. The highest BCUT2D eigenvalue weighted by molar-refractivity contribution is 5.54. The second-order valence-electron chi connectivity index (χ2n) is 4.38. The van der Waals surface area contributed by atoms with Crippen LogP contribution in [0, 0.1) is 6.92 Å². The molecule has 1 aliphatic rings. The Balaban J connectivity index is 1.82. The predicted octanol–water partition coefficient (Wildman–Crippen LogP) is 3.27. The Bertz CT molecular complexity index is 480. The van der Waals surface area contributed by atoms with Crippen molar-refractivity contribution in [3.8, 4) is 0 Å². The summed E-state index contributed by atoms with van der Waals surface area (Å²) in [5.41, 5.74) is 2.37. The van der Waals surface area contributed by atoms with E-state index in [2.05, 4.69) is 46.1 Å². The smallest absolute Gasteiger partial charge is 0.207 e. The van der Waals surface area contributed by atoms with Gasteiger partial charge in [-0.1, -0.05) is 17.7 Å². The molecule has 0 bridgehead atoms. The van der Waals surface area contributed by atoms with E-state index in [4.69, 9.17) is 0 Å². The van der Waals surface area contributed by atoms with Gasteiger partial charge in [-0.2, -0.15) is 0 Å². The molecule has 1 N–H and O–H groups in total. The lowest BCUT2D eigenvalue weighted by molar-refractivity contribution is 0.751. The lowest BCUT2D eigenvalue weighted by atomic mass is 10.2. The molecule has 0 unspecified atom stereocenters. The third-order valence-corrected chi connectivity index (χ3v) is 2.92. The molecule has 3 heteroatoms. The molecule has 2 aromatic rings. The van der Waals surface area contributed by atoms with Crippen molar-refractivity contribution in [3.63, 3.8) is 0 Å². The van der Waals surface area contributed by atoms with Crippen molar-refractivity contribution in [2.24, 2.45) is 0 Å². The van der Waals surface area contributed by atoms with Crippen LogP contribution in [0.2, 0.25) is 0 Å². The number of rotatable bonds is 3. The number of anilines is 2. The molecule has 82 valence electrons. The zero-order chi connectivity index (χ0) is 11.0. The van der Waals surface area contributed by atoms with Gasteiger partial charge in [0.2, 0.25) is 5.95 Å². The molecule has 1 aliphatic carbocycles. The SMILES string of the molecule is Cc1ccc(Nc2nccn2C2CC2)cc1. The lowest BCUT2D eigenvalue weighted by Crippen LogP contribution is -2.01. The van der Waals surface area contributed by atoms with Crippen molar-refractivity contribution < 1.29 is 0 Å². The summed E-state index contributed by atoms with van der Waals surface area (Å²) in [4.78, 5) is 4.35. The summed E-state index contributed by atoms with van der Waals surface area (Å²) >= 11 is 0. The fourth-order valence-corrected chi connectivity index (χ4v) is 1.82. The van der Waals surface area contributed by atoms with Crippen LogP contribution in [0.3, 0.4) is 0 Å². The fourth-order valence-electron chi connectivity index (χ4n) is 1.82. The normalized spacial score (nSPS) is 15.1. The molecule has 1 saturated carbocycles. The number of nitrogens with zero attached hydrogens (tertiary/aromatic N) is 2. The van der Waals surface area contributed by atoms with Gasteiger partial charge in [-0.15, -0.1) is 0 Å². The number of hydrogen-bond acceptors (Lipinski definition) is 2. The van der Waals surface area contributed by atoms with Gasteiger partial charge in [0.25, 0.3) is 0 Å². The summed E-state index contributed by atoms with van der Waals surface area (Å²) in [6.07, 6.45) is 6.46. The van der Waals surface area contributed by atoms with Crippen LogP contribution < -0.4 is 5.32 Å². The van der Waals surface area contributed by atoms with E-state index in [0.717, 1.165) is 11.6 Å².